The van der Waals surface area contributed by atoms with Gasteiger partial charge in [-0.2, -0.15) is 0 Å². The Morgan fingerprint density at radius 2 is 2.08 bits per heavy atom. The third-order valence-electron chi connectivity index (χ3n) is 6.39. The van der Waals surface area contributed by atoms with Crippen molar-refractivity contribution < 1.29 is 13.9 Å². The molecular formula is C28H26FN7O2. The molecule has 9 nitrogen and oxygen atoms in total. The summed E-state index contributed by atoms with van der Waals surface area (Å²) in [7, 11) is 0. The van der Waals surface area contributed by atoms with E-state index in [1.54, 1.807) is 23.2 Å². The van der Waals surface area contributed by atoms with E-state index in [2.05, 4.69) is 28.4 Å². The number of rotatable bonds is 7. The van der Waals surface area contributed by atoms with Crippen molar-refractivity contribution in [3.8, 4) is 5.75 Å². The van der Waals surface area contributed by atoms with E-state index in [0.717, 1.165) is 11.3 Å². The van der Waals surface area contributed by atoms with Gasteiger partial charge < -0.3 is 25.3 Å². The zero-order valence-electron chi connectivity index (χ0n) is 20.5. The van der Waals surface area contributed by atoms with Gasteiger partial charge in [-0.3, -0.25) is 10.2 Å². The van der Waals surface area contributed by atoms with Crippen molar-refractivity contribution in [2.75, 3.05) is 29.1 Å². The Labute approximate surface area is 218 Å². The first-order valence-corrected chi connectivity index (χ1v) is 11.9. The summed E-state index contributed by atoms with van der Waals surface area (Å²) in [4.78, 5) is 22.7. The number of ether oxygens (including phenoxy) is 1. The molecule has 10 heteroatoms. The molecule has 2 aromatic heterocycles. The predicted octanol–water partition coefficient (Wildman–Crippen LogP) is 4.15. The number of para-hydroxylation sites is 1. The minimum Gasteiger partial charge on any atom is -0.486 e. The van der Waals surface area contributed by atoms with E-state index in [4.69, 9.17) is 15.9 Å². The van der Waals surface area contributed by atoms with Crippen molar-refractivity contribution in [3.05, 3.63) is 97.2 Å². The van der Waals surface area contributed by atoms with Crippen LogP contribution in [-0.4, -0.2) is 45.5 Å². The average molecular weight is 512 g/mol. The number of nitrogens with zero attached hydrogens (tertiary/aromatic N) is 4. The number of carbonyl (C=O) groups excluding carboxylic acids is 1. The van der Waals surface area contributed by atoms with Crippen LogP contribution in [0.25, 0.3) is 10.9 Å². The summed E-state index contributed by atoms with van der Waals surface area (Å²) in [5, 5.41) is 13.0. The minimum absolute atomic E-state index is 0.0324. The van der Waals surface area contributed by atoms with Gasteiger partial charge in [0.2, 0.25) is 5.91 Å². The van der Waals surface area contributed by atoms with Crippen molar-refractivity contribution in [3.63, 3.8) is 0 Å². The molecular weight excluding hydrogens is 485 g/mol. The minimum atomic E-state index is -0.560. The van der Waals surface area contributed by atoms with Gasteiger partial charge in [0.15, 0.2) is 11.6 Å². The quantitative estimate of drug-likeness (QED) is 0.148. The molecule has 192 valence electrons. The van der Waals surface area contributed by atoms with Gasteiger partial charge >= 0.3 is 0 Å². The lowest BCUT2D eigenvalue weighted by Crippen LogP contribution is -2.45. The van der Waals surface area contributed by atoms with Crippen molar-refractivity contribution in [2.45, 2.75) is 12.5 Å². The molecule has 5 rings (SSSR count). The van der Waals surface area contributed by atoms with Gasteiger partial charge in [0.25, 0.3) is 0 Å². The maximum atomic E-state index is 14.7. The average Bonchev–Trinajstić information content (AvgIpc) is 3.33. The highest BCUT2D eigenvalue weighted by Gasteiger charge is 2.29. The van der Waals surface area contributed by atoms with E-state index in [-0.39, 0.29) is 41.5 Å². The maximum absolute atomic E-state index is 14.7. The fourth-order valence-corrected chi connectivity index (χ4v) is 4.66. The number of nitrogens with one attached hydrogen (secondary N) is 2. The summed E-state index contributed by atoms with van der Waals surface area (Å²) < 4.78 is 21.6. The predicted molar refractivity (Wildman–Crippen MR) is 146 cm³/mol. The summed E-state index contributed by atoms with van der Waals surface area (Å²) >= 11 is 0. The van der Waals surface area contributed by atoms with Gasteiger partial charge in [-0.05, 0) is 36.3 Å². The number of hydrogen-bond donors (Lipinski definition) is 3. The van der Waals surface area contributed by atoms with Gasteiger partial charge in [-0.1, -0.05) is 37.4 Å². The number of fused-ring (bicyclic) bond motifs is 2. The highest BCUT2D eigenvalue weighted by atomic mass is 19.1. The number of nitrogens with two attached hydrogens (primary N) is 1. The fraction of sp³-hybridized carbons (Fsp3) is 0.143. The Kier molecular flexibility index (Phi) is 6.61. The van der Waals surface area contributed by atoms with Gasteiger partial charge in [-0.25, -0.2) is 14.4 Å². The second-order valence-corrected chi connectivity index (χ2v) is 8.79. The summed E-state index contributed by atoms with van der Waals surface area (Å²) in [5.74, 6) is -0.271. The van der Waals surface area contributed by atoms with Crippen LogP contribution in [0.15, 0.2) is 80.3 Å². The van der Waals surface area contributed by atoms with Crippen molar-refractivity contribution in [2.24, 2.45) is 0 Å². The van der Waals surface area contributed by atoms with Crippen molar-refractivity contribution in [1.82, 2.24) is 14.5 Å². The molecule has 1 aliphatic heterocycles. The molecule has 0 aliphatic carbocycles. The smallest absolute Gasteiger partial charge is 0.250 e. The van der Waals surface area contributed by atoms with E-state index in [1.807, 2.05) is 24.3 Å². The first-order chi connectivity index (χ1) is 18.4. The molecule has 1 amide bonds. The molecule has 0 radical (unpaired) electrons. The molecule has 4 N–H and O–H groups in total. The largest absolute Gasteiger partial charge is 0.486 e. The van der Waals surface area contributed by atoms with E-state index >= 15 is 0 Å². The Morgan fingerprint density at radius 1 is 1.26 bits per heavy atom. The van der Waals surface area contributed by atoms with Gasteiger partial charge in [-0.15, -0.1) is 0 Å². The van der Waals surface area contributed by atoms with Crippen LogP contribution in [-0.2, 0) is 11.2 Å². The SMILES string of the molecule is C=CCOc1cc2ccn(C(=N)c3c(N)ncnc3NC3Cc4ccccc4N(C(=O)C=C)C3)c2cc1F. The molecule has 2 aromatic carbocycles. The number of carbonyl (C=O) groups is 1. The second-order valence-electron chi connectivity index (χ2n) is 8.79. The monoisotopic (exact) mass is 511 g/mol. The molecule has 1 unspecified atom stereocenters. The van der Waals surface area contributed by atoms with Crippen LogP contribution in [0.5, 0.6) is 5.75 Å². The molecule has 0 bridgehead atoms. The van der Waals surface area contributed by atoms with Crippen molar-refractivity contribution >= 4 is 40.0 Å². The number of amides is 1. The fourth-order valence-electron chi connectivity index (χ4n) is 4.66. The Hall–Kier alpha value is -4.99. The number of anilines is 3. The van der Waals surface area contributed by atoms with Crippen LogP contribution in [0.2, 0.25) is 0 Å². The number of aromatic nitrogens is 3. The highest BCUT2D eigenvalue weighted by Crippen LogP contribution is 2.31. The van der Waals surface area contributed by atoms with Crippen molar-refractivity contribution in [1.29, 1.82) is 5.41 Å². The molecule has 1 aliphatic rings. The Morgan fingerprint density at radius 3 is 2.87 bits per heavy atom. The third kappa shape index (κ3) is 4.47. The van der Waals surface area contributed by atoms with Crippen LogP contribution in [0.1, 0.15) is 11.1 Å². The topological polar surface area (TPSA) is 122 Å². The molecule has 3 heterocycles. The molecule has 0 saturated heterocycles. The van der Waals surface area contributed by atoms with Crippen LogP contribution in [0.3, 0.4) is 0 Å². The molecule has 1 atom stereocenters. The van der Waals surface area contributed by atoms with Crippen LogP contribution in [0, 0.1) is 11.2 Å². The number of halogens is 1. The van der Waals surface area contributed by atoms with E-state index in [9.17, 15) is 9.18 Å². The lowest BCUT2D eigenvalue weighted by atomic mass is 9.97. The number of hydrogen-bond acceptors (Lipinski definition) is 7. The second kappa shape index (κ2) is 10.2. The normalized spacial score (nSPS) is 14.6. The van der Waals surface area contributed by atoms with Crippen LogP contribution >= 0.6 is 0 Å². The van der Waals surface area contributed by atoms with Gasteiger partial charge in [0.1, 0.15) is 36.0 Å². The summed E-state index contributed by atoms with van der Waals surface area (Å²) in [6, 6.07) is 12.1. The van der Waals surface area contributed by atoms with Gasteiger partial charge in [0, 0.05) is 35.9 Å². The maximum Gasteiger partial charge on any atom is 0.250 e. The number of benzene rings is 2. The molecule has 38 heavy (non-hydrogen) atoms. The summed E-state index contributed by atoms with van der Waals surface area (Å²) in [5.41, 5.74) is 8.78. The van der Waals surface area contributed by atoms with E-state index < -0.39 is 5.82 Å². The Balaban J connectivity index is 1.48. The zero-order chi connectivity index (χ0) is 26.8. The van der Waals surface area contributed by atoms with Gasteiger partial charge in [0.05, 0.1) is 5.52 Å². The first-order valence-electron chi connectivity index (χ1n) is 11.9. The van der Waals surface area contributed by atoms with E-state index in [1.165, 1.54) is 29.1 Å². The summed E-state index contributed by atoms with van der Waals surface area (Å²) in [6.07, 6.45) is 6.41. The molecule has 0 spiro atoms. The molecule has 4 aromatic rings. The molecule has 0 fully saturated rings. The standard InChI is InChI=1S/C28H26FN7O2/c1-3-11-38-23-13-18-9-10-35(22(18)14-20(23)29)27(31)25-26(30)32-16-33-28(25)34-19-12-17-7-5-6-8-21(17)36(15-19)24(37)4-2/h3-10,13-14,16,19,31H,1-2,11-12,15H2,(H3,30,32,33,34). The van der Waals surface area contributed by atoms with E-state index in [0.29, 0.717) is 29.7 Å². The first kappa shape index (κ1) is 24.7. The lowest BCUT2D eigenvalue weighted by molar-refractivity contribution is -0.114. The van der Waals surface area contributed by atoms with Crippen LogP contribution in [0.4, 0.5) is 21.7 Å². The highest BCUT2D eigenvalue weighted by molar-refractivity contribution is 6.09. The Bertz CT molecular complexity index is 1580. The third-order valence-corrected chi connectivity index (χ3v) is 6.39. The summed E-state index contributed by atoms with van der Waals surface area (Å²) in [6.45, 7) is 7.75. The zero-order valence-corrected chi connectivity index (χ0v) is 20.5. The molecule has 0 saturated carbocycles. The lowest BCUT2D eigenvalue weighted by Gasteiger charge is -2.35. The van der Waals surface area contributed by atoms with Crippen LogP contribution < -0.4 is 20.7 Å². The number of nitrogen functional groups attached to an aromatic ring is 1.